The van der Waals surface area contributed by atoms with Crippen LogP contribution >= 0.6 is 0 Å². The van der Waals surface area contributed by atoms with Gasteiger partial charge in [0.25, 0.3) is 5.92 Å². The third-order valence-corrected chi connectivity index (χ3v) is 5.03. The first-order valence-electron chi connectivity index (χ1n) is 9.74. The maximum absolute atomic E-state index is 14.6. The molecular formula is C19H23F2N9O. The van der Waals surface area contributed by atoms with Crippen molar-refractivity contribution in [3.05, 3.63) is 31.4 Å². The van der Waals surface area contributed by atoms with Crippen molar-refractivity contribution >= 4 is 34.5 Å². The summed E-state index contributed by atoms with van der Waals surface area (Å²) in [5, 5.41) is 9.56. The van der Waals surface area contributed by atoms with E-state index in [-0.39, 0.29) is 18.5 Å². The predicted octanol–water partition coefficient (Wildman–Crippen LogP) is 2.01. The molecule has 4 heterocycles. The molecule has 0 saturated carbocycles. The summed E-state index contributed by atoms with van der Waals surface area (Å²) in [6, 6.07) is -1.32. The van der Waals surface area contributed by atoms with E-state index >= 15 is 0 Å². The lowest BCUT2D eigenvalue weighted by Crippen LogP contribution is -2.46. The van der Waals surface area contributed by atoms with Crippen molar-refractivity contribution < 1.29 is 13.6 Å². The van der Waals surface area contributed by atoms with Gasteiger partial charge in [-0.05, 0) is 19.9 Å². The van der Waals surface area contributed by atoms with Gasteiger partial charge in [0.2, 0.25) is 11.9 Å². The third kappa shape index (κ3) is 3.92. The highest BCUT2D eigenvalue weighted by molar-refractivity contribution is 5.88. The molecule has 0 radical (unpaired) electrons. The van der Waals surface area contributed by atoms with Gasteiger partial charge in [0.1, 0.15) is 6.04 Å². The number of amides is 1. The molecule has 4 rings (SSSR count). The Kier molecular flexibility index (Phi) is 5.07. The standard InChI is InChI=1S/C19H23F2N9O/c1-5-14(31)25-13-8-29(9-19(13,20)21)18-26-16(24-12-6-23-28(4)7-12)15-17(27-18)30(10-22-15)11(2)3/h5-7,10-11,13H,1,8-9H2,2-4H3,(H,25,31)(H,24,26,27). The Morgan fingerprint density at radius 1 is 1.39 bits per heavy atom. The Balaban J connectivity index is 1.74. The number of nitrogens with zero attached hydrogens (tertiary/aromatic N) is 7. The van der Waals surface area contributed by atoms with E-state index < -0.39 is 24.4 Å². The number of halogens is 2. The lowest BCUT2D eigenvalue weighted by atomic mass is 10.2. The molecule has 10 nitrogen and oxygen atoms in total. The molecule has 3 aromatic heterocycles. The van der Waals surface area contributed by atoms with Crippen molar-refractivity contribution in [2.45, 2.75) is 31.9 Å². The van der Waals surface area contributed by atoms with Gasteiger partial charge in [-0.1, -0.05) is 6.58 Å². The number of fused-ring (bicyclic) bond motifs is 1. The van der Waals surface area contributed by atoms with Crippen LogP contribution in [0.2, 0.25) is 0 Å². The fourth-order valence-corrected chi connectivity index (χ4v) is 3.45. The van der Waals surface area contributed by atoms with Crippen LogP contribution in [0.3, 0.4) is 0 Å². The Hall–Kier alpha value is -3.57. The van der Waals surface area contributed by atoms with E-state index in [4.69, 9.17) is 0 Å². The summed E-state index contributed by atoms with van der Waals surface area (Å²) < 4.78 is 32.6. The minimum Gasteiger partial charge on any atom is -0.342 e. The predicted molar refractivity (Wildman–Crippen MR) is 111 cm³/mol. The molecule has 2 N–H and O–H groups in total. The molecule has 1 atom stereocenters. The first-order valence-corrected chi connectivity index (χ1v) is 9.74. The fraction of sp³-hybridized carbons (Fsp3) is 0.421. The number of imidazole rings is 1. The molecular weight excluding hydrogens is 408 g/mol. The number of hydrogen-bond donors (Lipinski definition) is 2. The monoisotopic (exact) mass is 431 g/mol. The number of aryl methyl sites for hydroxylation is 1. The van der Waals surface area contributed by atoms with Crippen molar-refractivity contribution in [1.82, 2.24) is 34.6 Å². The summed E-state index contributed by atoms with van der Waals surface area (Å²) in [4.78, 5) is 26.4. The van der Waals surface area contributed by atoms with E-state index in [1.165, 1.54) is 4.90 Å². The average molecular weight is 431 g/mol. The van der Waals surface area contributed by atoms with Crippen LogP contribution in [0.4, 0.5) is 26.2 Å². The van der Waals surface area contributed by atoms with Crippen molar-refractivity contribution in [2.24, 2.45) is 7.05 Å². The van der Waals surface area contributed by atoms with E-state index in [1.807, 2.05) is 18.4 Å². The van der Waals surface area contributed by atoms with Crippen LogP contribution in [-0.2, 0) is 11.8 Å². The van der Waals surface area contributed by atoms with Gasteiger partial charge < -0.3 is 20.1 Å². The quantitative estimate of drug-likeness (QED) is 0.575. The Morgan fingerprint density at radius 3 is 2.81 bits per heavy atom. The molecule has 1 aliphatic heterocycles. The zero-order valence-electron chi connectivity index (χ0n) is 17.4. The zero-order valence-corrected chi connectivity index (χ0v) is 17.4. The van der Waals surface area contributed by atoms with Gasteiger partial charge >= 0.3 is 0 Å². The number of anilines is 3. The molecule has 31 heavy (non-hydrogen) atoms. The molecule has 1 fully saturated rings. The lowest BCUT2D eigenvalue weighted by Gasteiger charge is -2.17. The molecule has 3 aromatic rings. The van der Waals surface area contributed by atoms with Gasteiger partial charge in [-0.15, -0.1) is 0 Å². The van der Waals surface area contributed by atoms with E-state index in [9.17, 15) is 13.6 Å². The van der Waals surface area contributed by atoms with Gasteiger partial charge in [-0.2, -0.15) is 15.1 Å². The average Bonchev–Trinajstić information content (AvgIpc) is 3.39. The summed E-state index contributed by atoms with van der Waals surface area (Å²) in [7, 11) is 1.78. The topological polar surface area (TPSA) is 106 Å². The molecule has 0 bridgehead atoms. The molecule has 0 aliphatic carbocycles. The maximum Gasteiger partial charge on any atom is 0.286 e. The van der Waals surface area contributed by atoms with Crippen LogP contribution in [0.25, 0.3) is 11.2 Å². The summed E-state index contributed by atoms with van der Waals surface area (Å²) in [6.07, 6.45) is 6.00. The molecule has 0 aromatic carbocycles. The van der Waals surface area contributed by atoms with Crippen molar-refractivity contribution in [2.75, 3.05) is 23.3 Å². The molecule has 0 spiro atoms. The number of alkyl halides is 2. The summed E-state index contributed by atoms with van der Waals surface area (Å²) in [6.45, 7) is 6.50. The van der Waals surface area contributed by atoms with Crippen LogP contribution in [-0.4, -0.2) is 60.3 Å². The Labute approximate surface area is 177 Å². The van der Waals surface area contributed by atoms with Crippen molar-refractivity contribution in [3.8, 4) is 0 Å². The third-order valence-electron chi connectivity index (χ3n) is 5.03. The normalized spacial score (nSPS) is 18.0. The SMILES string of the molecule is C=CC(=O)NC1CN(c2nc(Nc3cnn(C)c3)c3ncn(C(C)C)c3n2)CC1(F)F. The van der Waals surface area contributed by atoms with Crippen LogP contribution in [0.1, 0.15) is 19.9 Å². The molecule has 1 unspecified atom stereocenters. The highest BCUT2D eigenvalue weighted by Crippen LogP contribution is 2.33. The van der Waals surface area contributed by atoms with Gasteiger partial charge in [0, 0.05) is 25.8 Å². The molecule has 164 valence electrons. The summed E-state index contributed by atoms with van der Waals surface area (Å²) in [5.41, 5.74) is 1.72. The largest absolute Gasteiger partial charge is 0.342 e. The van der Waals surface area contributed by atoms with Gasteiger partial charge in [-0.3, -0.25) is 9.48 Å². The van der Waals surface area contributed by atoms with E-state index in [2.05, 4.69) is 37.3 Å². The van der Waals surface area contributed by atoms with Crippen LogP contribution in [0.15, 0.2) is 31.4 Å². The van der Waals surface area contributed by atoms with Crippen molar-refractivity contribution in [3.63, 3.8) is 0 Å². The molecule has 1 saturated heterocycles. The van der Waals surface area contributed by atoms with Crippen LogP contribution in [0.5, 0.6) is 0 Å². The number of rotatable bonds is 6. The first kappa shape index (κ1) is 20.7. The number of nitrogens with one attached hydrogen (secondary N) is 2. The number of hydrogen-bond acceptors (Lipinski definition) is 7. The second-order valence-electron chi connectivity index (χ2n) is 7.72. The molecule has 12 heteroatoms. The zero-order chi connectivity index (χ0) is 22.3. The lowest BCUT2D eigenvalue weighted by molar-refractivity contribution is -0.119. The van der Waals surface area contributed by atoms with Gasteiger partial charge in [0.15, 0.2) is 17.0 Å². The maximum atomic E-state index is 14.6. The second kappa shape index (κ2) is 7.60. The van der Waals surface area contributed by atoms with Gasteiger partial charge in [-0.25, -0.2) is 13.8 Å². The van der Waals surface area contributed by atoms with E-state index in [0.717, 1.165) is 6.08 Å². The molecule has 1 amide bonds. The smallest absolute Gasteiger partial charge is 0.286 e. The number of carbonyl (C=O) groups excluding carboxylic acids is 1. The highest BCUT2D eigenvalue weighted by atomic mass is 19.3. The van der Waals surface area contributed by atoms with E-state index in [1.54, 1.807) is 30.5 Å². The minimum absolute atomic E-state index is 0.0543. The van der Waals surface area contributed by atoms with Crippen LogP contribution in [0, 0.1) is 0 Å². The van der Waals surface area contributed by atoms with Crippen molar-refractivity contribution in [1.29, 1.82) is 0 Å². The Morgan fingerprint density at radius 2 is 2.16 bits per heavy atom. The van der Waals surface area contributed by atoms with E-state index in [0.29, 0.717) is 22.7 Å². The fourth-order valence-electron chi connectivity index (χ4n) is 3.45. The summed E-state index contributed by atoms with van der Waals surface area (Å²) in [5.74, 6) is -3.29. The summed E-state index contributed by atoms with van der Waals surface area (Å²) >= 11 is 0. The number of aromatic nitrogens is 6. The second-order valence-corrected chi connectivity index (χ2v) is 7.72. The molecule has 1 aliphatic rings. The first-order chi connectivity index (χ1) is 14.7. The van der Waals surface area contributed by atoms with Gasteiger partial charge in [0.05, 0.1) is 24.8 Å². The highest BCUT2D eigenvalue weighted by Gasteiger charge is 2.49. The minimum atomic E-state index is -3.15. The number of carbonyl (C=O) groups is 1. The Bertz CT molecular complexity index is 1140. The van der Waals surface area contributed by atoms with Crippen LogP contribution < -0.4 is 15.5 Å².